The van der Waals surface area contributed by atoms with Crippen molar-refractivity contribution in [3.05, 3.63) is 33.9 Å². The summed E-state index contributed by atoms with van der Waals surface area (Å²) in [6, 6.07) is 1.42. The Labute approximate surface area is 101 Å². The number of halogens is 2. The van der Waals surface area contributed by atoms with Gasteiger partial charge in [0.05, 0.1) is 11.5 Å². The summed E-state index contributed by atoms with van der Waals surface area (Å²) in [5.74, 6) is -3.57. The molecule has 0 aliphatic rings. The van der Waals surface area contributed by atoms with Crippen LogP contribution in [0.5, 0.6) is 5.75 Å². The molecule has 0 aliphatic heterocycles. The Hall–Kier alpha value is -1.80. The zero-order chi connectivity index (χ0) is 13.7. The molecule has 8 heteroatoms. The summed E-state index contributed by atoms with van der Waals surface area (Å²) in [6.45, 7) is -0.542. The van der Waals surface area contributed by atoms with E-state index in [1.165, 1.54) is 7.11 Å². The van der Waals surface area contributed by atoms with Crippen molar-refractivity contribution in [2.75, 3.05) is 20.3 Å². The highest BCUT2D eigenvalue weighted by Gasteiger charge is 2.23. The minimum atomic E-state index is -1.46. The summed E-state index contributed by atoms with van der Waals surface area (Å²) in [4.78, 5) is 9.70. The van der Waals surface area contributed by atoms with Gasteiger partial charge in [-0.25, -0.2) is 4.39 Å². The molecule has 0 aromatic heterocycles. The van der Waals surface area contributed by atoms with E-state index in [2.05, 4.69) is 4.74 Å². The lowest BCUT2D eigenvalue weighted by Gasteiger charge is -2.12. The third-order valence-corrected chi connectivity index (χ3v) is 2.01. The molecular formula is C10H11F2NO5. The molecule has 1 aromatic rings. The normalized spacial score (nSPS) is 12.2. The van der Waals surface area contributed by atoms with Crippen molar-refractivity contribution < 1.29 is 28.3 Å². The molecule has 0 radical (unpaired) electrons. The first kappa shape index (κ1) is 14.3. The van der Waals surface area contributed by atoms with E-state index >= 15 is 0 Å². The van der Waals surface area contributed by atoms with E-state index in [9.17, 15) is 24.0 Å². The van der Waals surface area contributed by atoms with E-state index in [1.54, 1.807) is 0 Å². The van der Waals surface area contributed by atoms with Crippen LogP contribution < -0.4 is 4.74 Å². The molecule has 18 heavy (non-hydrogen) atoms. The number of aliphatic hydroxyl groups is 1. The number of rotatable bonds is 6. The van der Waals surface area contributed by atoms with E-state index in [-0.39, 0.29) is 6.61 Å². The molecule has 1 atom stereocenters. The number of aliphatic hydroxyl groups excluding tert-OH is 1. The molecule has 0 fully saturated rings. The van der Waals surface area contributed by atoms with Crippen molar-refractivity contribution >= 4 is 5.69 Å². The highest BCUT2D eigenvalue weighted by molar-refractivity contribution is 5.47. The number of methoxy groups -OCH3 is 1. The van der Waals surface area contributed by atoms with Crippen LogP contribution in [0.25, 0.3) is 0 Å². The number of ether oxygens (including phenoxy) is 2. The Morgan fingerprint density at radius 2 is 2.11 bits per heavy atom. The van der Waals surface area contributed by atoms with Crippen molar-refractivity contribution in [3.63, 3.8) is 0 Å². The largest absolute Gasteiger partial charge is 0.482 e. The van der Waals surface area contributed by atoms with Crippen LogP contribution in [0, 0.1) is 21.7 Å². The number of nitrogens with zero attached hydrogens (tertiary/aromatic N) is 1. The molecule has 100 valence electrons. The van der Waals surface area contributed by atoms with Crippen molar-refractivity contribution in [2.45, 2.75) is 6.10 Å². The standard InChI is InChI=1S/C10H11F2NO5/c1-17-4-6(14)5-18-10-8(13(15)16)3-2-7(11)9(10)12/h2-3,6,14H,4-5H2,1H3. The van der Waals surface area contributed by atoms with Crippen LogP contribution in [0.15, 0.2) is 12.1 Å². The van der Waals surface area contributed by atoms with E-state index in [1.807, 2.05) is 0 Å². The van der Waals surface area contributed by atoms with Gasteiger partial charge < -0.3 is 14.6 Å². The molecule has 6 nitrogen and oxygen atoms in total. The molecule has 0 heterocycles. The molecule has 1 unspecified atom stereocenters. The van der Waals surface area contributed by atoms with E-state index < -0.39 is 40.7 Å². The fraction of sp³-hybridized carbons (Fsp3) is 0.400. The van der Waals surface area contributed by atoms with Gasteiger partial charge in [-0.1, -0.05) is 0 Å². The zero-order valence-corrected chi connectivity index (χ0v) is 9.43. The molecule has 1 aromatic carbocycles. The first-order valence-electron chi connectivity index (χ1n) is 4.89. The van der Waals surface area contributed by atoms with Gasteiger partial charge in [-0.2, -0.15) is 4.39 Å². The Kier molecular flexibility index (Phi) is 4.93. The summed E-state index contributed by atoms with van der Waals surface area (Å²) in [5, 5.41) is 19.9. The smallest absolute Gasteiger partial charge is 0.314 e. The van der Waals surface area contributed by atoms with Crippen LogP contribution in [0.1, 0.15) is 0 Å². The summed E-state index contributed by atoms with van der Waals surface area (Å²) in [5.41, 5.74) is -0.710. The second-order valence-electron chi connectivity index (χ2n) is 3.39. The molecular weight excluding hydrogens is 252 g/mol. The zero-order valence-electron chi connectivity index (χ0n) is 9.43. The van der Waals surface area contributed by atoms with Crippen LogP contribution >= 0.6 is 0 Å². The van der Waals surface area contributed by atoms with Crippen molar-refractivity contribution in [1.82, 2.24) is 0 Å². The SMILES string of the molecule is COCC(O)COc1c([N+](=O)[O-])ccc(F)c1F. The third-order valence-electron chi connectivity index (χ3n) is 2.01. The van der Waals surface area contributed by atoms with Gasteiger partial charge >= 0.3 is 5.69 Å². The maximum absolute atomic E-state index is 13.3. The van der Waals surface area contributed by atoms with Gasteiger partial charge in [-0.3, -0.25) is 10.1 Å². The second-order valence-corrected chi connectivity index (χ2v) is 3.39. The van der Waals surface area contributed by atoms with Gasteiger partial charge in [-0.15, -0.1) is 0 Å². The predicted octanol–water partition coefficient (Wildman–Crippen LogP) is 1.26. The monoisotopic (exact) mass is 263 g/mol. The van der Waals surface area contributed by atoms with Crippen molar-refractivity contribution in [3.8, 4) is 5.75 Å². The Morgan fingerprint density at radius 3 is 2.67 bits per heavy atom. The highest BCUT2D eigenvalue weighted by Crippen LogP contribution is 2.31. The van der Waals surface area contributed by atoms with Gasteiger partial charge in [0, 0.05) is 13.2 Å². The fourth-order valence-corrected chi connectivity index (χ4v) is 1.22. The first-order chi connectivity index (χ1) is 8.47. The number of benzene rings is 1. The lowest BCUT2D eigenvalue weighted by atomic mass is 10.2. The Bertz CT molecular complexity index is 441. The van der Waals surface area contributed by atoms with E-state index in [0.717, 1.165) is 6.07 Å². The lowest BCUT2D eigenvalue weighted by molar-refractivity contribution is -0.386. The number of nitro groups is 1. The summed E-state index contributed by atoms with van der Waals surface area (Å²) in [6.07, 6.45) is -1.10. The third kappa shape index (κ3) is 3.34. The van der Waals surface area contributed by atoms with Crippen LogP contribution in [0.2, 0.25) is 0 Å². The van der Waals surface area contributed by atoms with E-state index in [0.29, 0.717) is 6.07 Å². The molecule has 0 saturated heterocycles. The average molecular weight is 263 g/mol. The lowest BCUT2D eigenvalue weighted by Crippen LogP contribution is -2.23. The summed E-state index contributed by atoms with van der Waals surface area (Å²) >= 11 is 0. The highest BCUT2D eigenvalue weighted by atomic mass is 19.2. The number of hydrogen-bond acceptors (Lipinski definition) is 5. The van der Waals surface area contributed by atoms with Gasteiger partial charge in [0.1, 0.15) is 12.7 Å². The molecule has 0 aliphatic carbocycles. The van der Waals surface area contributed by atoms with Gasteiger partial charge in [0.2, 0.25) is 11.6 Å². The Morgan fingerprint density at radius 1 is 1.44 bits per heavy atom. The topological polar surface area (TPSA) is 81.8 Å². The maximum Gasteiger partial charge on any atom is 0.314 e. The minimum absolute atomic E-state index is 0.0925. The summed E-state index contributed by atoms with van der Waals surface area (Å²) < 4.78 is 35.6. The van der Waals surface area contributed by atoms with Gasteiger partial charge in [0.25, 0.3) is 0 Å². The maximum atomic E-state index is 13.3. The second kappa shape index (κ2) is 6.22. The molecule has 1 N–H and O–H groups in total. The first-order valence-corrected chi connectivity index (χ1v) is 4.89. The molecule has 0 spiro atoms. The van der Waals surface area contributed by atoms with Crippen LogP contribution in [-0.2, 0) is 4.74 Å². The number of hydrogen-bond donors (Lipinski definition) is 1. The van der Waals surface area contributed by atoms with Crippen molar-refractivity contribution in [1.29, 1.82) is 0 Å². The van der Waals surface area contributed by atoms with Gasteiger partial charge in [0.15, 0.2) is 5.82 Å². The molecule has 1 rings (SSSR count). The van der Waals surface area contributed by atoms with Crippen LogP contribution in [-0.4, -0.2) is 36.5 Å². The van der Waals surface area contributed by atoms with Crippen LogP contribution in [0.4, 0.5) is 14.5 Å². The molecule has 0 saturated carbocycles. The van der Waals surface area contributed by atoms with E-state index in [4.69, 9.17) is 4.74 Å². The fourth-order valence-electron chi connectivity index (χ4n) is 1.22. The van der Waals surface area contributed by atoms with Crippen molar-refractivity contribution in [2.24, 2.45) is 0 Å². The molecule has 0 amide bonds. The summed E-state index contributed by atoms with van der Waals surface area (Å²) in [7, 11) is 1.33. The van der Waals surface area contributed by atoms with Crippen LogP contribution in [0.3, 0.4) is 0 Å². The average Bonchev–Trinajstić information content (AvgIpc) is 2.31. The predicted molar refractivity (Wildman–Crippen MR) is 56.4 cm³/mol. The quantitative estimate of drug-likeness (QED) is 0.617. The van der Waals surface area contributed by atoms with Gasteiger partial charge in [-0.05, 0) is 6.07 Å². The Balaban J connectivity index is 2.92. The number of nitro benzene ring substituents is 1. The minimum Gasteiger partial charge on any atom is -0.482 e. The molecule has 0 bridgehead atoms.